The Hall–Kier alpha value is -0.0800. The summed E-state index contributed by atoms with van der Waals surface area (Å²) >= 11 is 0. The summed E-state index contributed by atoms with van der Waals surface area (Å²) in [6, 6.07) is 0.687. The zero-order chi connectivity index (χ0) is 11.6. The van der Waals surface area contributed by atoms with Crippen LogP contribution in [0.2, 0.25) is 0 Å². The van der Waals surface area contributed by atoms with Crippen molar-refractivity contribution in [2.45, 2.75) is 70.4 Å². The van der Waals surface area contributed by atoms with Crippen molar-refractivity contribution in [1.29, 1.82) is 0 Å². The second kappa shape index (κ2) is 5.05. The van der Waals surface area contributed by atoms with Crippen LogP contribution < -0.4 is 5.32 Å². The Morgan fingerprint density at radius 1 is 1.06 bits per heavy atom. The topological polar surface area (TPSA) is 32.3 Å². The fourth-order valence-corrected chi connectivity index (χ4v) is 3.03. The van der Waals surface area contributed by atoms with Gasteiger partial charge in [0.1, 0.15) is 0 Å². The Balaban J connectivity index is 1.84. The van der Waals surface area contributed by atoms with Crippen molar-refractivity contribution in [2.75, 3.05) is 6.54 Å². The number of aliphatic hydroxyl groups is 1. The molecule has 2 rings (SSSR count). The Kier molecular flexibility index (Phi) is 3.91. The number of nitrogens with one attached hydrogen (secondary N) is 1. The summed E-state index contributed by atoms with van der Waals surface area (Å²) in [6.45, 7) is 4.53. The summed E-state index contributed by atoms with van der Waals surface area (Å²) in [5, 5.41) is 13.4. The van der Waals surface area contributed by atoms with Gasteiger partial charge >= 0.3 is 0 Å². The van der Waals surface area contributed by atoms with Crippen molar-refractivity contribution in [3.63, 3.8) is 0 Å². The van der Waals surface area contributed by atoms with E-state index in [0.29, 0.717) is 6.04 Å². The van der Waals surface area contributed by atoms with Crippen LogP contribution in [-0.4, -0.2) is 23.3 Å². The second-order valence-corrected chi connectivity index (χ2v) is 6.45. The highest BCUT2D eigenvalue weighted by molar-refractivity contribution is 4.92. The van der Waals surface area contributed by atoms with Gasteiger partial charge in [-0.2, -0.15) is 0 Å². The molecule has 0 radical (unpaired) electrons. The molecule has 0 spiro atoms. The van der Waals surface area contributed by atoms with Crippen molar-refractivity contribution >= 4 is 0 Å². The molecule has 2 nitrogen and oxygen atoms in total. The Morgan fingerprint density at radius 2 is 1.62 bits per heavy atom. The molecule has 0 aliphatic heterocycles. The van der Waals surface area contributed by atoms with Crippen LogP contribution in [0.25, 0.3) is 0 Å². The minimum atomic E-state index is -0.568. The molecule has 0 heterocycles. The predicted molar refractivity (Wildman–Crippen MR) is 67.4 cm³/mol. The van der Waals surface area contributed by atoms with Crippen LogP contribution in [0.15, 0.2) is 0 Å². The first-order valence-electron chi connectivity index (χ1n) is 7.02. The minimum Gasteiger partial charge on any atom is -0.389 e. The van der Waals surface area contributed by atoms with Gasteiger partial charge in [-0.05, 0) is 51.4 Å². The van der Waals surface area contributed by atoms with E-state index in [0.717, 1.165) is 18.4 Å². The number of hydrogen-bond acceptors (Lipinski definition) is 2. The van der Waals surface area contributed by atoms with Crippen LogP contribution in [0.5, 0.6) is 0 Å². The van der Waals surface area contributed by atoms with E-state index in [1.807, 2.05) is 13.8 Å². The molecule has 2 saturated carbocycles. The molecule has 1 unspecified atom stereocenters. The highest BCUT2D eigenvalue weighted by Crippen LogP contribution is 2.40. The Labute approximate surface area is 99.8 Å². The Morgan fingerprint density at radius 3 is 2.12 bits per heavy atom. The maximum Gasteiger partial charge on any atom is 0.0715 e. The molecule has 2 aliphatic carbocycles. The van der Waals surface area contributed by atoms with Crippen molar-refractivity contribution < 1.29 is 5.11 Å². The molecule has 0 aromatic carbocycles. The van der Waals surface area contributed by atoms with Crippen molar-refractivity contribution in [2.24, 2.45) is 11.8 Å². The van der Waals surface area contributed by atoms with Gasteiger partial charge in [-0.25, -0.2) is 0 Å². The molecule has 0 aromatic rings. The first-order chi connectivity index (χ1) is 7.56. The third-order valence-electron chi connectivity index (χ3n) is 4.06. The lowest BCUT2D eigenvalue weighted by atomic mass is 9.82. The molecule has 0 amide bonds. The third-order valence-corrected chi connectivity index (χ3v) is 4.06. The molecule has 2 N–H and O–H groups in total. The molecule has 0 aromatic heterocycles. The molecule has 94 valence electrons. The van der Waals surface area contributed by atoms with Crippen molar-refractivity contribution in [3.05, 3.63) is 0 Å². The van der Waals surface area contributed by atoms with E-state index in [-0.39, 0.29) is 0 Å². The predicted octanol–water partition coefficient (Wildman–Crippen LogP) is 2.71. The van der Waals surface area contributed by atoms with E-state index in [1.165, 1.54) is 44.9 Å². The van der Waals surface area contributed by atoms with Gasteiger partial charge in [0.2, 0.25) is 0 Å². The molecule has 0 saturated heterocycles. The second-order valence-electron chi connectivity index (χ2n) is 6.45. The van der Waals surface area contributed by atoms with E-state index in [1.54, 1.807) is 0 Å². The van der Waals surface area contributed by atoms with Gasteiger partial charge < -0.3 is 10.4 Å². The molecular formula is C14H27NO. The van der Waals surface area contributed by atoms with Gasteiger partial charge in [0, 0.05) is 12.6 Å². The highest BCUT2D eigenvalue weighted by Gasteiger charge is 2.37. The maximum atomic E-state index is 9.80. The Bertz CT molecular complexity index is 211. The lowest BCUT2D eigenvalue weighted by molar-refractivity contribution is 0.0701. The van der Waals surface area contributed by atoms with Crippen LogP contribution in [0.3, 0.4) is 0 Å². The lowest BCUT2D eigenvalue weighted by Gasteiger charge is -2.33. The summed E-state index contributed by atoms with van der Waals surface area (Å²) in [5.74, 6) is 1.79. The number of rotatable bonds is 5. The van der Waals surface area contributed by atoms with Gasteiger partial charge in [-0.15, -0.1) is 0 Å². The molecule has 16 heavy (non-hydrogen) atoms. The standard InChI is InChI=1S/C14H27NO/c1-14(2,16)10-15-13(12-8-9-12)11-6-4-3-5-7-11/h11-13,15-16H,3-10H2,1-2H3. The van der Waals surface area contributed by atoms with Crippen molar-refractivity contribution in [1.82, 2.24) is 5.32 Å². The molecule has 2 aliphatic rings. The highest BCUT2D eigenvalue weighted by atomic mass is 16.3. The molecule has 2 heteroatoms. The fraction of sp³-hybridized carbons (Fsp3) is 1.00. The van der Waals surface area contributed by atoms with E-state index in [2.05, 4.69) is 5.32 Å². The zero-order valence-corrected chi connectivity index (χ0v) is 10.8. The fourth-order valence-electron chi connectivity index (χ4n) is 3.03. The number of hydrogen-bond donors (Lipinski definition) is 2. The van der Waals surface area contributed by atoms with E-state index >= 15 is 0 Å². The summed E-state index contributed by atoms with van der Waals surface area (Å²) in [7, 11) is 0. The van der Waals surface area contributed by atoms with Crippen LogP contribution >= 0.6 is 0 Å². The van der Waals surface area contributed by atoms with Crippen LogP contribution in [0, 0.1) is 11.8 Å². The van der Waals surface area contributed by atoms with Crippen molar-refractivity contribution in [3.8, 4) is 0 Å². The van der Waals surface area contributed by atoms with Gasteiger partial charge in [0.25, 0.3) is 0 Å². The lowest BCUT2D eigenvalue weighted by Crippen LogP contribution is -2.45. The molecule has 2 fully saturated rings. The van der Waals surface area contributed by atoms with E-state index in [9.17, 15) is 5.11 Å². The summed E-state index contributed by atoms with van der Waals surface area (Å²) in [5.41, 5.74) is -0.568. The molecular weight excluding hydrogens is 198 g/mol. The summed E-state index contributed by atoms with van der Waals surface area (Å²) in [6.07, 6.45) is 9.87. The van der Waals surface area contributed by atoms with Gasteiger partial charge in [-0.1, -0.05) is 19.3 Å². The maximum absolute atomic E-state index is 9.80. The quantitative estimate of drug-likeness (QED) is 0.754. The average Bonchev–Trinajstić information content (AvgIpc) is 3.02. The van der Waals surface area contributed by atoms with Crippen LogP contribution in [-0.2, 0) is 0 Å². The third kappa shape index (κ3) is 3.74. The van der Waals surface area contributed by atoms with E-state index < -0.39 is 5.60 Å². The largest absolute Gasteiger partial charge is 0.389 e. The van der Waals surface area contributed by atoms with Gasteiger partial charge in [0.15, 0.2) is 0 Å². The summed E-state index contributed by atoms with van der Waals surface area (Å²) in [4.78, 5) is 0. The normalized spacial score (nSPS) is 25.7. The first-order valence-corrected chi connectivity index (χ1v) is 7.02. The minimum absolute atomic E-state index is 0.568. The van der Waals surface area contributed by atoms with Gasteiger partial charge in [0.05, 0.1) is 5.60 Å². The smallest absolute Gasteiger partial charge is 0.0715 e. The van der Waals surface area contributed by atoms with Gasteiger partial charge in [-0.3, -0.25) is 0 Å². The van der Waals surface area contributed by atoms with E-state index in [4.69, 9.17) is 0 Å². The average molecular weight is 225 g/mol. The molecule has 0 bridgehead atoms. The van der Waals surface area contributed by atoms with Crippen LogP contribution in [0.1, 0.15) is 58.8 Å². The molecule has 1 atom stereocenters. The SMILES string of the molecule is CC(C)(O)CNC(C1CCCCC1)C1CC1. The monoisotopic (exact) mass is 225 g/mol. The van der Waals surface area contributed by atoms with Crippen LogP contribution in [0.4, 0.5) is 0 Å². The summed E-state index contributed by atoms with van der Waals surface area (Å²) < 4.78 is 0. The first kappa shape index (κ1) is 12.4. The zero-order valence-electron chi connectivity index (χ0n) is 10.8.